The van der Waals surface area contributed by atoms with Gasteiger partial charge in [-0.1, -0.05) is 30.3 Å². The second kappa shape index (κ2) is 8.78. The lowest BCUT2D eigenvalue weighted by Gasteiger charge is -2.16. The average molecular weight is 404 g/mol. The van der Waals surface area contributed by atoms with Crippen molar-refractivity contribution in [3.63, 3.8) is 0 Å². The third-order valence-electron chi connectivity index (χ3n) is 5.00. The normalized spacial score (nSPS) is 15.8. The number of hydrogen-bond acceptors (Lipinski definition) is 3. The standard InChI is InChI=1S/C24H21FN2O3/c25-19-6-10-21(11-7-19)27-15-18(14-23(27)28)24(29)26-20-8-12-22(13-9-20)30-16-17-4-2-1-3-5-17/h1-13,18H,14-16H2,(H,26,29)/t18-/m0/s1. The molecule has 3 aromatic rings. The van der Waals surface area contributed by atoms with E-state index >= 15 is 0 Å². The summed E-state index contributed by atoms with van der Waals surface area (Å²) in [7, 11) is 0. The lowest BCUT2D eigenvalue weighted by molar-refractivity contribution is -0.122. The molecule has 0 aliphatic carbocycles. The van der Waals surface area contributed by atoms with Gasteiger partial charge in [0, 0.05) is 24.3 Å². The molecule has 6 heteroatoms. The van der Waals surface area contributed by atoms with E-state index in [1.54, 1.807) is 36.4 Å². The van der Waals surface area contributed by atoms with Crippen LogP contribution < -0.4 is 15.0 Å². The molecule has 1 aliphatic rings. The third-order valence-corrected chi connectivity index (χ3v) is 5.00. The van der Waals surface area contributed by atoms with Crippen LogP contribution in [-0.4, -0.2) is 18.4 Å². The van der Waals surface area contributed by atoms with Crippen molar-refractivity contribution in [2.45, 2.75) is 13.0 Å². The van der Waals surface area contributed by atoms with Crippen LogP contribution in [-0.2, 0) is 16.2 Å². The summed E-state index contributed by atoms with van der Waals surface area (Å²) in [6.45, 7) is 0.741. The predicted molar refractivity (Wildman–Crippen MR) is 113 cm³/mol. The van der Waals surface area contributed by atoms with E-state index < -0.39 is 5.92 Å². The summed E-state index contributed by atoms with van der Waals surface area (Å²) in [5.74, 6) is -0.486. The van der Waals surface area contributed by atoms with E-state index in [0.717, 1.165) is 5.56 Å². The summed E-state index contributed by atoms with van der Waals surface area (Å²) in [6.07, 6.45) is 0.126. The Morgan fingerprint density at radius 1 is 1.00 bits per heavy atom. The first-order chi connectivity index (χ1) is 14.6. The van der Waals surface area contributed by atoms with E-state index in [1.165, 1.54) is 17.0 Å². The van der Waals surface area contributed by atoms with Gasteiger partial charge in [0.05, 0.1) is 5.92 Å². The van der Waals surface area contributed by atoms with Crippen LogP contribution >= 0.6 is 0 Å². The maximum Gasteiger partial charge on any atom is 0.229 e. The fraction of sp³-hybridized carbons (Fsp3) is 0.167. The summed E-state index contributed by atoms with van der Waals surface area (Å²) in [6, 6.07) is 22.7. The van der Waals surface area contributed by atoms with E-state index in [4.69, 9.17) is 4.74 Å². The van der Waals surface area contributed by atoms with E-state index in [-0.39, 0.29) is 30.6 Å². The molecular formula is C24H21FN2O3. The fourth-order valence-corrected chi connectivity index (χ4v) is 3.37. The maximum atomic E-state index is 13.1. The zero-order valence-electron chi connectivity index (χ0n) is 16.3. The van der Waals surface area contributed by atoms with Crippen molar-refractivity contribution >= 4 is 23.2 Å². The number of rotatable bonds is 6. The van der Waals surface area contributed by atoms with Gasteiger partial charge in [0.25, 0.3) is 0 Å². The second-order valence-corrected chi connectivity index (χ2v) is 7.17. The minimum atomic E-state index is -0.462. The zero-order chi connectivity index (χ0) is 20.9. The molecule has 152 valence electrons. The van der Waals surface area contributed by atoms with E-state index in [9.17, 15) is 14.0 Å². The van der Waals surface area contributed by atoms with Gasteiger partial charge in [-0.3, -0.25) is 9.59 Å². The Hall–Kier alpha value is -3.67. The number of benzene rings is 3. The van der Waals surface area contributed by atoms with Gasteiger partial charge in [-0.2, -0.15) is 0 Å². The number of nitrogens with one attached hydrogen (secondary N) is 1. The smallest absolute Gasteiger partial charge is 0.229 e. The number of hydrogen-bond donors (Lipinski definition) is 1. The molecule has 1 N–H and O–H groups in total. The molecule has 30 heavy (non-hydrogen) atoms. The SMILES string of the molecule is O=C(Nc1ccc(OCc2ccccc2)cc1)[C@H]1CC(=O)N(c2ccc(F)cc2)C1. The first-order valence-corrected chi connectivity index (χ1v) is 9.72. The quantitative estimate of drug-likeness (QED) is 0.663. The molecule has 3 aromatic carbocycles. The van der Waals surface area contributed by atoms with Crippen LogP contribution in [0.15, 0.2) is 78.9 Å². The molecule has 1 heterocycles. The third kappa shape index (κ3) is 4.66. The molecule has 1 atom stereocenters. The lowest BCUT2D eigenvalue weighted by atomic mass is 10.1. The molecule has 4 rings (SSSR count). The molecule has 0 spiro atoms. The summed E-state index contributed by atoms with van der Waals surface area (Å²) in [5.41, 5.74) is 2.31. The molecule has 0 bridgehead atoms. The van der Waals surface area contributed by atoms with Crippen LogP contribution in [0.4, 0.5) is 15.8 Å². The van der Waals surface area contributed by atoms with Crippen LogP contribution in [0.1, 0.15) is 12.0 Å². The van der Waals surface area contributed by atoms with E-state index in [0.29, 0.717) is 23.7 Å². The van der Waals surface area contributed by atoms with Crippen LogP contribution in [0.5, 0.6) is 5.75 Å². The van der Waals surface area contributed by atoms with Crippen LogP contribution in [0.25, 0.3) is 0 Å². The van der Waals surface area contributed by atoms with Gasteiger partial charge in [0.1, 0.15) is 18.2 Å². The molecule has 2 amide bonds. The number of ether oxygens (including phenoxy) is 1. The molecule has 0 aromatic heterocycles. The minimum Gasteiger partial charge on any atom is -0.489 e. The van der Waals surface area contributed by atoms with Gasteiger partial charge in [-0.05, 0) is 54.1 Å². The molecule has 0 saturated carbocycles. The Kier molecular flexibility index (Phi) is 5.75. The van der Waals surface area contributed by atoms with Crippen molar-refractivity contribution in [1.29, 1.82) is 0 Å². The monoisotopic (exact) mass is 404 g/mol. The largest absolute Gasteiger partial charge is 0.489 e. The Morgan fingerprint density at radius 2 is 1.70 bits per heavy atom. The number of amides is 2. The first kappa shape index (κ1) is 19.6. The summed E-state index contributed by atoms with van der Waals surface area (Å²) in [5, 5.41) is 2.85. The minimum absolute atomic E-state index is 0.126. The number of halogens is 1. The predicted octanol–water partition coefficient (Wildman–Crippen LogP) is 4.40. The van der Waals surface area contributed by atoms with Crippen LogP contribution in [0.2, 0.25) is 0 Å². The van der Waals surface area contributed by atoms with Crippen molar-refractivity contribution in [2.75, 3.05) is 16.8 Å². The highest BCUT2D eigenvalue weighted by atomic mass is 19.1. The maximum absolute atomic E-state index is 13.1. The molecule has 1 saturated heterocycles. The highest BCUT2D eigenvalue weighted by molar-refractivity contribution is 6.03. The lowest BCUT2D eigenvalue weighted by Crippen LogP contribution is -2.28. The van der Waals surface area contributed by atoms with Crippen molar-refractivity contribution < 1.29 is 18.7 Å². The Morgan fingerprint density at radius 3 is 2.40 bits per heavy atom. The van der Waals surface area contributed by atoms with Gasteiger partial charge < -0.3 is 15.0 Å². The van der Waals surface area contributed by atoms with E-state index in [1.807, 2.05) is 30.3 Å². The van der Waals surface area contributed by atoms with Gasteiger partial charge in [0.15, 0.2) is 0 Å². The molecule has 5 nitrogen and oxygen atoms in total. The molecule has 0 unspecified atom stereocenters. The Bertz CT molecular complexity index is 1020. The first-order valence-electron chi connectivity index (χ1n) is 9.72. The number of carbonyl (C=O) groups is 2. The number of nitrogens with zero attached hydrogens (tertiary/aromatic N) is 1. The fourth-order valence-electron chi connectivity index (χ4n) is 3.37. The van der Waals surface area contributed by atoms with Crippen LogP contribution in [0, 0.1) is 11.7 Å². The molecule has 1 aliphatic heterocycles. The van der Waals surface area contributed by atoms with Crippen molar-refractivity contribution in [2.24, 2.45) is 5.92 Å². The van der Waals surface area contributed by atoms with Gasteiger partial charge in [0.2, 0.25) is 11.8 Å². The van der Waals surface area contributed by atoms with Gasteiger partial charge in [-0.25, -0.2) is 4.39 Å². The van der Waals surface area contributed by atoms with Crippen molar-refractivity contribution in [3.8, 4) is 5.75 Å². The topological polar surface area (TPSA) is 58.6 Å². The molecule has 1 fully saturated rings. The highest BCUT2D eigenvalue weighted by Gasteiger charge is 2.35. The summed E-state index contributed by atoms with van der Waals surface area (Å²) in [4.78, 5) is 26.4. The molecule has 0 radical (unpaired) electrons. The number of anilines is 2. The van der Waals surface area contributed by atoms with Gasteiger partial charge >= 0.3 is 0 Å². The van der Waals surface area contributed by atoms with Crippen molar-refractivity contribution in [1.82, 2.24) is 0 Å². The second-order valence-electron chi connectivity index (χ2n) is 7.17. The number of carbonyl (C=O) groups excluding carboxylic acids is 2. The van der Waals surface area contributed by atoms with Crippen LogP contribution in [0.3, 0.4) is 0 Å². The highest BCUT2D eigenvalue weighted by Crippen LogP contribution is 2.26. The van der Waals surface area contributed by atoms with Gasteiger partial charge in [-0.15, -0.1) is 0 Å². The van der Waals surface area contributed by atoms with Crippen molar-refractivity contribution in [3.05, 3.63) is 90.2 Å². The Labute approximate surface area is 174 Å². The Balaban J connectivity index is 1.32. The molecular weight excluding hydrogens is 383 g/mol. The van der Waals surface area contributed by atoms with E-state index in [2.05, 4.69) is 5.32 Å². The summed E-state index contributed by atoms with van der Waals surface area (Å²) >= 11 is 0. The average Bonchev–Trinajstić information content (AvgIpc) is 3.16. The summed E-state index contributed by atoms with van der Waals surface area (Å²) < 4.78 is 18.9. The zero-order valence-corrected chi connectivity index (χ0v) is 16.3.